The molecule has 4 N–H and O–H groups in total. The average Bonchev–Trinajstić information content (AvgIpc) is 2.90. The number of aromatic hydroxyl groups is 3. The lowest BCUT2D eigenvalue weighted by molar-refractivity contribution is -0.121. The van der Waals surface area contributed by atoms with E-state index in [1.165, 1.54) is 29.0 Å². The Morgan fingerprint density at radius 2 is 1.79 bits per heavy atom. The molecule has 10 heteroatoms. The topological polar surface area (TPSA) is 154 Å². The van der Waals surface area contributed by atoms with E-state index >= 15 is 0 Å². The number of nitrogens with zero attached hydrogens (tertiary/aromatic N) is 2. The highest BCUT2D eigenvalue weighted by Crippen LogP contribution is 2.30. The quantitative estimate of drug-likeness (QED) is 0.242. The molecule has 3 heterocycles. The van der Waals surface area contributed by atoms with Crippen molar-refractivity contribution in [1.82, 2.24) is 14.7 Å². The van der Waals surface area contributed by atoms with Crippen molar-refractivity contribution in [3.05, 3.63) is 110 Å². The van der Waals surface area contributed by atoms with Crippen LogP contribution in [0.15, 0.2) is 87.1 Å². The van der Waals surface area contributed by atoms with Crippen molar-refractivity contribution in [2.45, 2.75) is 18.8 Å². The van der Waals surface area contributed by atoms with E-state index in [0.29, 0.717) is 17.6 Å². The van der Waals surface area contributed by atoms with Gasteiger partial charge in [0.05, 0.1) is 17.2 Å². The molecule has 3 aromatic heterocycles. The highest BCUT2D eigenvalue weighted by Gasteiger charge is 2.29. The van der Waals surface area contributed by atoms with Gasteiger partial charge in [0, 0.05) is 30.6 Å². The largest absolute Gasteiger partial charge is 0.504 e. The first-order valence-electron chi connectivity index (χ1n) is 11.8. The van der Waals surface area contributed by atoms with E-state index in [2.05, 4.69) is 10.3 Å². The maximum Gasteiger partial charge on any atom is 0.265 e. The molecule has 0 unspecified atom stereocenters. The highest BCUT2D eigenvalue weighted by molar-refractivity contribution is 5.79. The van der Waals surface area contributed by atoms with Crippen LogP contribution in [-0.2, 0) is 11.2 Å². The van der Waals surface area contributed by atoms with E-state index in [-0.39, 0.29) is 46.6 Å². The summed E-state index contributed by atoms with van der Waals surface area (Å²) in [5, 5.41) is 32.9. The number of phenolic OH excluding ortho intramolecular Hbond substituents is 2. The molecule has 2 aromatic carbocycles. The van der Waals surface area contributed by atoms with Crippen LogP contribution in [0.4, 0.5) is 0 Å². The third-order valence-electron chi connectivity index (χ3n) is 6.34. The molecule has 192 valence electrons. The fraction of sp³-hybridized carbons (Fsp3) is 0.143. The van der Waals surface area contributed by atoms with Gasteiger partial charge in [-0.25, -0.2) is 0 Å². The van der Waals surface area contributed by atoms with Crippen LogP contribution in [0.1, 0.15) is 29.0 Å². The molecule has 0 bridgehead atoms. The maximum atomic E-state index is 13.4. The van der Waals surface area contributed by atoms with Crippen LogP contribution in [0.5, 0.6) is 17.4 Å². The highest BCUT2D eigenvalue weighted by atomic mass is 16.3. The second-order valence-corrected chi connectivity index (χ2v) is 8.78. The van der Waals surface area contributed by atoms with Crippen molar-refractivity contribution < 1.29 is 24.5 Å². The molecule has 1 atom stereocenters. The molecule has 0 radical (unpaired) electrons. The van der Waals surface area contributed by atoms with Crippen molar-refractivity contribution >= 4 is 22.5 Å². The third kappa shape index (κ3) is 4.66. The first kappa shape index (κ1) is 24.6. The molecule has 0 aliphatic rings. The second kappa shape index (κ2) is 10.1. The molecule has 38 heavy (non-hydrogen) atoms. The summed E-state index contributed by atoms with van der Waals surface area (Å²) in [5.41, 5.74) is 0.0345. The van der Waals surface area contributed by atoms with E-state index in [1.54, 1.807) is 48.5 Å². The van der Waals surface area contributed by atoms with Gasteiger partial charge in [-0.3, -0.25) is 18.8 Å². The Kier molecular flexibility index (Phi) is 6.53. The second-order valence-electron chi connectivity index (χ2n) is 8.78. The molecule has 10 nitrogen and oxygen atoms in total. The first-order chi connectivity index (χ1) is 18.3. The Morgan fingerprint density at radius 1 is 1.00 bits per heavy atom. The van der Waals surface area contributed by atoms with Crippen LogP contribution in [0, 0.1) is 0 Å². The average molecular weight is 514 g/mol. The number of carbonyl (C=O) groups is 1. The Bertz CT molecular complexity index is 1790. The van der Waals surface area contributed by atoms with Crippen molar-refractivity contribution in [3.8, 4) is 17.4 Å². The van der Waals surface area contributed by atoms with Crippen molar-refractivity contribution in [2.75, 3.05) is 6.54 Å². The summed E-state index contributed by atoms with van der Waals surface area (Å²) < 4.78 is 6.88. The predicted molar refractivity (Wildman–Crippen MR) is 139 cm³/mol. The van der Waals surface area contributed by atoms with Crippen molar-refractivity contribution in [1.29, 1.82) is 0 Å². The number of hydrogen-bond donors (Lipinski definition) is 4. The molecule has 0 spiro atoms. The zero-order chi connectivity index (χ0) is 26.8. The molecule has 1 amide bonds. The first-order valence-corrected chi connectivity index (χ1v) is 11.8. The van der Waals surface area contributed by atoms with Crippen LogP contribution in [0.25, 0.3) is 16.6 Å². The molecule has 0 saturated heterocycles. The fourth-order valence-corrected chi connectivity index (χ4v) is 4.43. The number of fused-ring (bicyclic) bond motifs is 2. The Hall–Kier alpha value is -5.12. The van der Waals surface area contributed by atoms with Gasteiger partial charge in [0.2, 0.25) is 11.8 Å². The predicted octanol–water partition coefficient (Wildman–Crippen LogP) is 2.80. The third-order valence-corrected chi connectivity index (χ3v) is 6.34. The lowest BCUT2D eigenvalue weighted by Crippen LogP contribution is -2.31. The molecule has 0 aliphatic heterocycles. The van der Waals surface area contributed by atoms with Gasteiger partial charge in [-0.1, -0.05) is 24.3 Å². The maximum absolute atomic E-state index is 13.4. The number of hydrogen-bond acceptors (Lipinski definition) is 8. The van der Waals surface area contributed by atoms with Gasteiger partial charge < -0.3 is 25.1 Å². The summed E-state index contributed by atoms with van der Waals surface area (Å²) in [6.45, 7) is 0.184. The SMILES string of the molecule is O=C(C[C@H](c1coc2ccccc2c1=O)c1c(O)nc2ccccn2c1=O)NCCc1ccc(O)c(O)c1. The minimum Gasteiger partial charge on any atom is -0.504 e. The zero-order valence-electron chi connectivity index (χ0n) is 20.0. The number of rotatable bonds is 7. The van der Waals surface area contributed by atoms with Gasteiger partial charge in [0.1, 0.15) is 11.2 Å². The summed E-state index contributed by atoms with van der Waals surface area (Å²) in [6.07, 6.45) is 2.71. The Balaban J connectivity index is 1.51. The van der Waals surface area contributed by atoms with Gasteiger partial charge in [-0.2, -0.15) is 4.98 Å². The Morgan fingerprint density at radius 3 is 2.61 bits per heavy atom. The summed E-state index contributed by atoms with van der Waals surface area (Å²) in [7, 11) is 0. The number of para-hydroxylation sites is 1. The number of carbonyl (C=O) groups excluding carboxylic acids is 1. The van der Waals surface area contributed by atoms with Gasteiger partial charge in [-0.05, 0) is 48.4 Å². The van der Waals surface area contributed by atoms with Crippen LogP contribution >= 0.6 is 0 Å². The number of aromatic nitrogens is 2. The Labute approximate surface area is 215 Å². The number of nitrogens with one attached hydrogen (secondary N) is 1. The molecule has 0 saturated carbocycles. The minimum atomic E-state index is -1.15. The van der Waals surface area contributed by atoms with E-state index in [4.69, 9.17) is 4.42 Å². The summed E-state index contributed by atoms with van der Waals surface area (Å²) in [4.78, 5) is 44.0. The van der Waals surface area contributed by atoms with Crippen LogP contribution in [-0.4, -0.2) is 37.2 Å². The number of benzene rings is 2. The summed E-state index contributed by atoms with van der Waals surface area (Å²) in [6, 6.07) is 15.8. The molecular weight excluding hydrogens is 490 g/mol. The van der Waals surface area contributed by atoms with Gasteiger partial charge in [-0.15, -0.1) is 0 Å². The van der Waals surface area contributed by atoms with E-state index < -0.39 is 28.7 Å². The number of pyridine rings is 1. The standard InChI is InChI=1S/C28H23N3O7/c32-20-9-8-16(13-21(20)33)10-11-29-24(34)14-18(19-15-38-22-6-2-1-5-17(22)26(19)35)25-27(36)30-23-7-3-4-12-31(23)28(25)37/h1-9,12-13,15,18,32-33,36H,10-11,14H2,(H,29,34)/t18-/m1/s1. The van der Waals surface area contributed by atoms with Gasteiger partial charge in [0.15, 0.2) is 16.9 Å². The van der Waals surface area contributed by atoms with Crippen molar-refractivity contribution in [2.24, 2.45) is 0 Å². The van der Waals surface area contributed by atoms with E-state index in [1.807, 2.05) is 0 Å². The number of phenols is 2. The lowest BCUT2D eigenvalue weighted by atomic mass is 9.89. The van der Waals surface area contributed by atoms with E-state index in [9.17, 15) is 29.7 Å². The van der Waals surface area contributed by atoms with E-state index in [0.717, 1.165) is 0 Å². The zero-order valence-corrected chi connectivity index (χ0v) is 20.0. The molecular formula is C28H23N3O7. The van der Waals surface area contributed by atoms with Crippen molar-refractivity contribution in [3.63, 3.8) is 0 Å². The molecule has 0 fully saturated rings. The number of amides is 1. The van der Waals surface area contributed by atoms with Crippen LogP contribution < -0.4 is 16.3 Å². The summed E-state index contributed by atoms with van der Waals surface area (Å²) in [5.74, 6) is -2.72. The van der Waals surface area contributed by atoms with Crippen LogP contribution in [0.2, 0.25) is 0 Å². The summed E-state index contributed by atoms with van der Waals surface area (Å²) >= 11 is 0. The minimum absolute atomic E-state index is 0.0346. The normalized spacial score (nSPS) is 12.0. The monoisotopic (exact) mass is 513 g/mol. The molecule has 5 rings (SSSR count). The molecule has 0 aliphatic carbocycles. The smallest absolute Gasteiger partial charge is 0.265 e. The lowest BCUT2D eigenvalue weighted by Gasteiger charge is -2.18. The fourth-order valence-electron chi connectivity index (χ4n) is 4.43. The van der Waals surface area contributed by atoms with Gasteiger partial charge in [0.25, 0.3) is 5.56 Å². The van der Waals surface area contributed by atoms with Gasteiger partial charge >= 0.3 is 0 Å². The molecule has 5 aromatic rings. The van der Waals surface area contributed by atoms with Crippen LogP contribution in [0.3, 0.4) is 0 Å².